The highest BCUT2D eigenvalue weighted by atomic mass is 32.2. The summed E-state index contributed by atoms with van der Waals surface area (Å²) >= 11 is 0. The normalized spacial score (nSPS) is 17.5. The quantitative estimate of drug-likeness (QED) is 0.667. The van der Waals surface area contributed by atoms with E-state index in [0.717, 1.165) is 0 Å². The minimum Gasteiger partial charge on any atom is -0.382 e. The molecular weight excluding hydrogens is 393 g/mol. The predicted octanol–water partition coefficient (Wildman–Crippen LogP) is 2.11. The first-order valence-electron chi connectivity index (χ1n) is 8.90. The van der Waals surface area contributed by atoms with E-state index >= 15 is 0 Å². The predicted molar refractivity (Wildman–Crippen MR) is 108 cm³/mol. The molecule has 2 aromatic carbocycles. The van der Waals surface area contributed by atoms with E-state index in [1.165, 1.54) is 18.5 Å². The van der Waals surface area contributed by atoms with E-state index in [-0.39, 0.29) is 11.4 Å². The molecule has 2 atom stereocenters. The molecular formula is C20H18FN5O2S. The molecule has 1 amide bonds. The monoisotopic (exact) mass is 411 g/mol. The van der Waals surface area contributed by atoms with E-state index in [0.29, 0.717) is 34.7 Å². The highest BCUT2D eigenvalue weighted by molar-refractivity contribution is 7.83. The van der Waals surface area contributed by atoms with Crippen molar-refractivity contribution in [2.75, 3.05) is 12.3 Å². The van der Waals surface area contributed by atoms with Gasteiger partial charge in [0.2, 0.25) is 5.91 Å². The van der Waals surface area contributed by atoms with Gasteiger partial charge in [-0.05, 0) is 35.7 Å². The Hall–Kier alpha value is -3.17. The number of primary amides is 1. The lowest BCUT2D eigenvalue weighted by molar-refractivity contribution is -0.124. The van der Waals surface area contributed by atoms with Crippen molar-refractivity contribution in [3.8, 4) is 22.4 Å². The molecule has 1 saturated heterocycles. The maximum Gasteiger partial charge on any atom is 0.235 e. The van der Waals surface area contributed by atoms with Gasteiger partial charge in [0.1, 0.15) is 28.7 Å². The number of anilines is 1. The molecule has 0 saturated carbocycles. The van der Waals surface area contributed by atoms with Crippen LogP contribution >= 0.6 is 0 Å². The minimum atomic E-state index is -1.58. The summed E-state index contributed by atoms with van der Waals surface area (Å²) in [5.74, 6) is -0.731. The van der Waals surface area contributed by atoms with Crippen LogP contribution in [0.25, 0.3) is 22.4 Å². The number of amides is 1. The number of benzene rings is 2. The van der Waals surface area contributed by atoms with E-state index in [4.69, 9.17) is 11.5 Å². The number of aromatic nitrogens is 2. The summed E-state index contributed by atoms with van der Waals surface area (Å²) in [6.45, 7) is 0.512. The lowest BCUT2D eigenvalue weighted by Crippen LogP contribution is -2.55. The Morgan fingerprint density at radius 3 is 2.55 bits per heavy atom. The molecule has 4 rings (SSSR count). The number of halogens is 1. The SMILES string of the molecule is NC(=O)C1CCN1S(=O)c1ccccc1-c1ccc(-c2cnc(N)cn2)c(F)c1. The number of carbonyl (C=O) groups excluding carboxylic acids is 1. The molecule has 3 aromatic rings. The Morgan fingerprint density at radius 2 is 1.93 bits per heavy atom. The van der Waals surface area contributed by atoms with E-state index in [9.17, 15) is 13.4 Å². The van der Waals surface area contributed by atoms with E-state index < -0.39 is 28.8 Å². The van der Waals surface area contributed by atoms with Gasteiger partial charge in [-0.15, -0.1) is 0 Å². The molecule has 0 spiro atoms. The van der Waals surface area contributed by atoms with Gasteiger partial charge in [0.25, 0.3) is 0 Å². The summed E-state index contributed by atoms with van der Waals surface area (Å²) < 4.78 is 29.4. The lowest BCUT2D eigenvalue weighted by atomic mass is 10.0. The molecule has 0 bridgehead atoms. The van der Waals surface area contributed by atoms with Gasteiger partial charge in [0.15, 0.2) is 0 Å². The van der Waals surface area contributed by atoms with E-state index in [1.807, 2.05) is 0 Å². The summed E-state index contributed by atoms with van der Waals surface area (Å²) in [4.78, 5) is 20.0. The molecule has 7 nitrogen and oxygen atoms in total. The van der Waals surface area contributed by atoms with Crippen LogP contribution in [-0.4, -0.2) is 37.0 Å². The molecule has 1 fully saturated rings. The van der Waals surface area contributed by atoms with Gasteiger partial charge < -0.3 is 11.5 Å². The first-order valence-corrected chi connectivity index (χ1v) is 10.0. The van der Waals surface area contributed by atoms with Gasteiger partial charge in [0.05, 0.1) is 23.0 Å². The molecule has 9 heteroatoms. The number of carbonyl (C=O) groups is 1. The lowest BCUT2D eigenvalue weighted by Gasteiger charge is -2.37. The molecule has 1 aliphatic heterocycles. The number of hydrogen-bond donors (Lipinski definition) is 2. The van der Waals surface area contributed by atoms with E-state index in [1.54, 1.807) is 40.7 Å². The summed E-state index contributed by atoms with van der Waals surface area (Å²) in [6, 6.07) is 11.2. The largest absolute Gasteiger partial charge is 0.382 e. The molecule has 4 N–H and O–H groups in total. The van der Waals surface area contributed by atoms with Gasteiger partial charge in [-0.25, -0.2) is 17.9 Å². The van der Waals surface area contributed by atoms with Gasteiger partial charge in [-0.2, -0.15) is 0 Å². The molecule has 2 heterocycles. The number of nitrogen functional groups attached to an aromatic ring is 1. The molecule has 0 aliphatic carbocycles. The third-order valence-corrected chi connectivity index (χ3v) is 6.41. The van der Waals surface area contributed by atoms with Crippen LogP contribution in [0.3, 0.4) is 0 Å². The average molecular weight is 411 g/mol. The van der Waals surface area contributed by atoms with Gasteiger partial charge in [-0.1, -0.05) is 24.3 Å². The van der Waals surface area contributed by atoms with Gasteiger partial charge in [0, 0.05) is 12.1 Å². The molecule has 0 radical (unpaired) electrons. The number of nitrogens with two attached hydrogens (primary N) is 2. The standard InChI is InChI=1S/C20H18FN5O2S/c21-15-9-12(5-6-14(15)16-10-25-19(22)11-24-16)13-3-1-2-4-18(13)29(28)26-8-7-17(26)20(23)27/h1-6,9-11,17H,7-8H2,(H2,22,25)(H2,23,27). The maximum atomic E-state index is 14.8. The Morgan fingerprint density at radius 1 is 1.14 bits per heavy atom. The average Bonchev–Trinajstić information content (AvgIpc) is 2.67. The van der Waals surface area contributed by atoms with Crippen molar-refractivity contribution in [3.05, 3.63) is 60.7 Å². The molecule has 29 heavy (non-hydrogen) atoms. The van der Waals surface area contributed by atoms with E-state index in [2.05, 4.69) is 9.97 Å². The Balaban J connectivity index is 1.69. The van der Waals surface area contributed by atoms with Crippen LogP contribution in [0, 0.1) is 5.82 Å². The zero-order chi connectivity index (χ0) is 20.5. The summed E-state index contributed by atoms with van der Waals surface area (Å²) in [5.41, 5.74) is 12.7. The zero-order valence-corrected chi connectivity index (χ0v) is 16.1. The second kappa shape index (κ2) is 7.69. The summed E-state index contributed by atoms with van der Waals surface area (Å²) in [7, 11) is -1.58. The fourth-order valence-corrected chi connectivity index (χ4v) is 4.73. The third-order valence-electron chi connectivity index (χ3n) is 4.82. The Bertz CT molecular complexity index is 1110. The molecule has 2 unspecified atom stereocenters. The van der Waals surface area contributed by atoms with Crippen LogP contribution in [0.2, 0.25) is 0 Å². The van der Waals surface area contributed by atoms with Crippen molar-refractivity contribution in [1.82, 2.24) is 14.3 Å². The first-order chi connectivity index (χ1) is 14.0. The van der Waals surface area contributed by atoms with Crippen molar-refractivity contribution in [1.29, 1.82) is 0 Å². The smallest absolute Gasteiger partial charge is 0.235 e. The van der Waals surface area contributed by atoms with Crippen molar-refractivity contribution in [3.63, 3.8) is 0 Å². The van der Waals surface area contributed by atoms with Crippen LogP contribution in [-0.2, 0) is 15.8 Å². The van der Waals surface area contributed by atoms with Gasteiger partial charge >= 0.3 is 0 Å². The van der Waals surface area contributed by atoms with Crippen molar-refractivity contribution in [2.24, 2.45) is 5.73 Å². The molecule has 148 valence electrons. The van der Waals surface area contributed by atoms with Crippen LogP contribution < -0.4 is 11.5 Å². The second-order valence-electron chi connectivity index (χ2n) is 6.61. The highest BCUT2D eigenvalue weighted by Crippen LogP contribution is 2.33. The fraction of sp³-hybridized carbons (Fsp3) is 0.150. The number of nitrogens with zero attached hydrogens (tertiary/aromatic N) is 3. The zero-order valence-electron chi connectivity index (χ0n) is 15.3. The van der Waals surface area contributed by atoms with Crippen LogP contribution in [0.5, 0.6) is 0 Å². The first kappa shape index (κ1) is 19.2. The highest BCUT2D eigenvalue weighted by Gasteiger charge is 2.37. The van der Waals surface area contributed by atoms with Crippen LogP contribution in [0.1, 0.15) is 6.42 Å². The Kier molecular flexibility index (Phi) is 5.08. The van der Waals surface area contributed by atoms with Crippen molar-refractivity contribution in [2.45, 2.75) is 17.4 Å². The Labute approximate surface area is 169 Å². The maximum absolute atomic E-state index is 14.8. The molecule has 1 aromatic heterocycles. The number of hydrogen-bond acceptors (Lipinski definition) is 5. The number of rotatable bonds is 5. The fourth-order valence-electron chi connectivity index (χ4n) is 3.20. The van der Waals surface area contributed by atoms with Crippen LogP contribution in [0.15, 0.2) is 59.8 Å². The minimum absolute atomic E-state index is 0.252. The van der Waals surface area contributed by atoms with Crippen LogP contribution in [0.4, 0.5) is 10.2 Å². The second-order valence-corrected chi connectivity index (χ2v) is 8.02. The van der Waals surface area contributed by atoms with Gasteiger partial charge in [-0.3, -0.25) is 9.78 Å². The topological polar surface area (TPSA) is 115 Å². The third kappa shape index (κ3) is 3.62. The summed E-state index contributed by atoms with van der Waals surface area (Å²) in [5, 5.41) is 0. The molecule has 1 aliphatic rings. The summed E-state index contributed by atoms with van der Waals surface area (Å²) in [6.07, 6.45) is 3.35. The van der Waals surface area contributed by atoms with Crippen molar-refractivity contribution >= 4 is 22.7 Å². The van der Waals surface area contributed by atoms with Crippen molar-refractivity contribution < 1.29 is 13.4 Å².